The largest absolute Gasteiger partial charge is 0.492 e. The molecule has 1 aliphatic heterocycles. The molecule has 0 aromatic heterocycles. The molecule has 1 saturated heterocycles. The maximum Gasteiger partial charge on any atom is 0.306 e. The minimum absolute atomic E-state index is 0.0286. The van der Waals surface area contributed by atoms with Crippen molar-refractivity contribution in [1.82, 2.24) is 0 Å². The van der Waals surface area contributed by atoms with Crippen molar-refractivity contribution in [3.05, 3.63) is 29.8 Å². The third-order valence-electron chi connectivity index (χ3n) is 2.67. The highest BCUT2D eigenvalue weighted by molar-refractivity contribution is 5.71. The van der Waals surface area contributed by atoms with Crippen LogP contribution in [0.2, 0.25) is 0 Å². The number of cyclic esters (lactones) is 1. The maximum absolute atomic E-state index is 12.9. The molecular formula is C12H13F2NO3. The smallest absolute Gasteiger partial charge is 0.306 e. The van der Waals surface area contributed by atoms with Gasteiger partial charge in [-0.2, -0.15) is 0 Å². The van der Waals surface area contributed by atoms with Crippen molar-refractivity contribution in [2.45, 2.75) is 25.0 Å². The van der Waals surface area contributed by atoms with Crippen molar-refractivity contribution in [2.24, 2.45) is 5.73 Å². The second-order valence-corrected chi connectivity index (χ2v) is 4.15. The molecule has 2 rings (SSSR count). The van der Waals surface area contributed by atoms with Gasteiger partial charge in [-0.15, -0.1) is 0 Å². The quantitative estimate of drug-likeness (QED) is 0.828. The normalized spacial score (nSPS) is 20.6. The Morgan fingerprint density at radius 2 is 2.06 bits per heavy atom. The second kappa shape index (κ2) is 5.30. The molecule has 98 valence electrons. The van der Waals surface area contributed by atoms with E-state index in [-0.39, 0.29) is 18.3 Å². The number of hydrogen-bond donors (Lipinski definition) is 1. The van der Waals surface area contributed by atoms with Gasteiger partial charge in [-0.3, -0.25) is 4.79 Å². The van der Waals surface area contributed by atoms with Crippen molar-refractivity contribution in [2.75, 3.05) is 6.61 Å². The standard InChI is InChI=1S/C12H13F2NO3/c13-7-3-8(14)5-9(4-7)17-6-10(15)11-1-2-12(16)18-11/h3-5,10-11H,1-2,6,15H2. The lowest BCUT2D eigenvalue weighted by atomic mass is 10.1. The number of halogens is 2. The summed E-state index contributed by atoms with van der Waals surface area (Å²) in [5, 5.41) is 0. The van der Waals surface area contributed by atoms with E-state index in [2.05, 4.69) is 0 Å². The molecular weight excluding hydrogens is 244 g/mol. The van der Waals surface area contributed by atoms with Gasteiger partial charge in [0.15, 0.2) is 0 Å². The van der Waals surface area contributed by atoms with Crippen LogP contribution in [0.4, 0.5) is 8.78 Å². The third-order valence-corrected chi connectivity index (χ3v) is 2.67. The molecule has 6 heteroatoms. The van der Waals surface area contributed by atoms with Crippen LogP contribution >= 0.6 is 0 Å². The Kier molecular flexibility index (Phi) is 3.76. The Balaban J connectivity index is 1.89. The topological polar surface area (TPSA) is 61.5 Å². The van der Waals surface area contributed by atoms with Crippen molar-refractivity contribution < 1.29 is 23.0 Å². The Morgan fingerprint density at radius 3 is 2.61 bits per heavy atom. The number of carbonyl (C=O) groups excluding carboxylic acids is 1. The molecule has 1 aromatic rings. The van der Waals surface area contributed by atoms with Crippen LogP contribution in [0.5, 0.6) is 5.75 Å². The molecule has 2 unspecified atom stereocenters. The van der Waals surface area contributed by atoms with E-state index in [0.29, 0.717) is 12.8 Å². The number of ether oxygens (including phenoxy) is 2. The number of benzene rings is 1. The van der Waals surface area contributed by atoms with Gasteiger partial charge in [0.25, 0.3) is 0 Å². The molecule has 1 aliphatic rings. The second-order valence-electron chi connectivity index (χ2n) is 4.15. The first-order valence-corrected chi connectivity index (χ1v) is 5.58. The zero-order chi connectivity index (χ0) is 13.1. The molecule has 0 spiro atoms. The molecule has 0 bridgehead atoms. The minimum atomic E-state index is -0.717. The van der Waals surface area contributed by atoms with E-state index >= 15 is 0 Å². The molecule has 0 amide bonds. The van der Waals surface area contributed by atoms with Gasteiger partial charge in [-0.1, -0.05) is 0 Å². The number of esters is 1. The number of carbonyl (C=O) groups is 1. The predicted octanol–water partition coefficient (Wildman–Crippen LogP) is 1.38. The van der Waals surface area contributed by atoms with Crippen LogP contribution in [0.15, 0.2) is 18.2 Å². The van der Waals surface area contributed by atoms with Crippen molar-refractivity contribution in [1.29, 1.82) is 0 Å². The van der Waals surface area contributed by atoms with Crippen molar-refractivity contribution in [3.8, 4) is 5.75 Å². The molecule has 0 aliphatic carbocycles. The Hall–Kier alpha value is -1.69. The van der Waals surface area contributed by atoms with Gasteiger partial charge in [0.1, 0.15) is 30.1 Å². The highest BCUT2D eigenvalue weighted by Crippen LogP contribution is 2.19. The Labute approximate surface area is 103 Å². The SMILES string of the molecule is NC(COc1cc(F)cc(F)c1)C1CCC(=O)O1. The summed E-state index contributed by atoms with van der Waals surface area (Å²) in [7, 11) is 0. The summed E-state index contributed by atoms with van der Waals surface area (Å²) >= 11 is 0. The molecule has 1 fully saturated rings. The fourth-order valence-electron chi connectivity index (χ4n) is 1.76. The average molecular weight is 257 g/mol. The van der Waals surface area contributed by atoms with E-state index in [1.54, 1.807) is 0 Å². The van der Waals surface area contributed by atoms with Crippen LogP contribution in [0.3, 0.4) is 0 Å². The summed E-state index contributed by atoms with van der Waals surface area (Å²) < 4.78 is 35.9. The first-order chi connectivity index (χ1) is 8.54. The van der Waals surface area contributed by atoms with Crippen LogP contribution in [0, 0.1) is 11.6 Å². The van der Waals surface area contributed by atoms with Gasteiger partial charge in [0.05, 0.1) is 6.04 Å². The molecule has 1 aromatic carbocycles. The van der Waals surface area contributed by atoms with Crippen molar-refractivity contribution >= 4 is 5.97 Å². The highest BCUT2D eigenvalue weighted by atomic mass is 19.1. The van der Waals surface area contributed by atoms with Gasteiger partial charge in [0, 0.05) is 24.6 Å². The van der Waals surface area contributed by atoms with E-state index in [1.165, 1.54) is 0 Å². The molecule has 4 nitrogen and oxygen atoms in total. The number of rotatable bonds is 4. The first kappa shape index (κ1) is 12.8. The summed E-state index contributed by atoms with van der Waals surface area (Å²) in [6.07, 6.45) is 0.490. The Bertz CT molecular complexity index is 433. The van der Waals surface area contributed by atoms with Crippen LogP contribution < -0.4 is 10.5 Å². The first-order valence-electron chi connectivity index (χ1n) is 5.58. The molecule has 2 N–H and O–H groups in total. The summed E-state index contributed by atoms with van der Waals surface area (Å²) in [6.45, 7) is 0.0286. The van der Waals surface area contributed by atoms with E-state index in [4.69, 9.17) is 15.2 Å². The van der Waals surface area contributed by atoms with Crippen LogP contribution in [0.25, 0.3) is 0 Å². The third kappa shape index (κ3) is 3.16. The summed E-state index contributed by atoms with van der Waals surface area (Å²) in [6, 6.07) is 2.38. The fourth-order valence-corrected chi connectivity index (χ4v) is 1.76. The molecule has 2 atom stereocenters. The van der Waals surface area contributed by atoms with E-state index in [1.807, 2.05) is 0 Å². The maximum atomic E-state index is 12.9. The minimum Gasteiger partial charge on any atom is -0.492 e. The number of nitrogens with two attached hydrogens (primary N) is 1. The van der Waals surface area contributed by atoms with Crippen LogP contribution in [-0.4, -0.2) is 24.7 Å². The zero-order valence-electron chi connectivity index (χ0n) is 9.57. The highest BCUT2D eigenvalue weighted by Gasteiger charge is 2.29. The van der Waals surface area contributed by atoms with E-state index in [0.717, 1.165) is 18.2 Å². The molecule has 0 radical (unpaired) electrons. The van der Waals surface area contributed by atoms with Gasteiger partial charge >= 0.3 is 5.97 Å². The van der Waals surface area contributed by atoms with Crippen LogP contribution in [-0.2, 0) is 9.53 Å². The molecule has 1 heterocycles. The lowest BCUT2D eigenvalue weighted by Gasteiger charge is -2.18. The van der Waals surface area contributed by atoms with E-state index < -0.39 is 23.8 Å². The fraction of sp³-hybridized carbons (Fsp3) is 0.417. The molecule has 0 saturated carbocycles. The summed E-state index contributed by atoms with van der Waals surface area (Å²) in [4.78, 5) is 10.9. The lowest BCUT2D eigenvalue weighted by Crippen LogP contribution is -2.39. The molecule has 18 heavy (non-hydrogen) atoms. The monoisotopic (exact) mass is 257 g/mol. The zero-order valence-corrected chi connectivity index (χ0v) is 9.57. The van der Waals surface area contributed by atoms with Gasteiger partial charge < -0.3 is 15.2 Å². The summed E-state index contributed by atoms with van der Waals surface area (Å²) in [5.74, 6) is -1.66. The van der Waals surface area contributed by atoms with Gasteiger partial charge in [-0.05, 0) is 6.42 Å². The van der Waals surface area contributed by atoms with Gasteiger partial charge in [0.2, 0.25) is 0 Å². The number of hydrogen-bond acceptors (Lipinski definition) is 4. The average Bonchev–Trinajstić information content (AvgIpc) is 2.71. The van der Waals surface area contributed by atoms with Crippen LogP contribution in [0.1, 0.15) is 12.8 Å². The lowest BCUT2D eigenvalue weighted by molar-refractivity contribution is -0.142. The van der Waals surface area contributed by atoms with E-state index in [9.17, 15) is 13.6 Å². The van der Waals surface area contributed by atoms with Crippen molar-refractivity contribution in [3.63, 3.8) is 0 Å². The predicted molar refractivity (Wildman–Crippen MR) is 58.9 cm³/mol. The van der Waals surface area contributed by atoms with Gasteiger partial charge in [-0.25, -0.2) is 8.78 Å². The Morgan fingerprint density at radius 1 is 1.39 bits per heavy atom. The summed E-state index contributed by atoms with van der Waals surface area (Å²) in [5.41, 5.74) is 5.78.